The summed E-state index contributed by atoms with van der Waals surface area (Å²) in [6.45, 7) is 14.9. The summed E-state index contributed by atoms with van der Waals surface area (Å²) in [5, 5.41) is 10.7. The van der Waals surface area contributed by atoms with Crippen LogP contribution in [0.25, 0.3) is 87.8 Å². The van der Waals surface area contributed by atoms with Crippen LogP contribution >= 0.6 is 11.6 Å². The summed E-state index contributed by atoms with van der Waals surface area (Å²) < 4.78 is 22.9. The van der Waals surface area contributed by atoms with Gasteiger partial charge in [-0.05, 0) is 120 Å². The number of methoxy groups -OCH3 is 2. The van der Waals surface area contributed by atoms with Gasteiger partial charge in [0.2, 0.25) is 0 Å². The second-order valence-electron chi connectivity index (χ2n) is 19.4. The molecule has 0 aliphatic heterocycles. The molecule has 3 aromatic heterocycles. The van der Waals surface area contributed by atoms with Gasteiger partial charge in [-0.15, -0.1) is 0 Å². The Kier molecular flexibility index (Phi) is 10.3. The first kappa shape index (κ1) is 43.5. The molecule has 8 aromatic carbocycles. The topological polar surface area (TPSA) is 44.9 Å². The van der Waals surface area contributed by atoms with Crippen molar-refractivity contribution in [2.45, 2.75) is 73.6 Å². The number of Topliss-reactive ketones (excluding diaryl/α,β-unsaturated/α-hetero) is 1. The minimum absolute atomic E-state index is 0. The summed E-state index contributed by atoms with van der Waals surface area (Å²) >= 11 is 6.89. The zero-order valence-corrected chi connectivity index (χ0v) is 40.2. The highest BCUT2D eigenvalue weighted by Crippen LogP contribution is 2.58. The molecule has 0 saturated carbocycles. The number of aromatic nitrogens is 2. The Hall–Kier alpha value is -7.08. The molecule has 13 rings (SSSR count). The normalized spacial score (nSPS) is 13.9. The van der Waals surface area contributed by atoms with Crippen LogP contribution in [0.15, 0.2) is 140 Å². The summed E-state index contributed by atoms with van der Waals surface area (Å²) in [6.07, 6.45) is 0. The number of rotatable bonds is 3. The first-order chi connectivity index (χ1) is 32.7. The van der Waals surface area contributed by atoms with Gasteiger partial charge in [0, 0.05) is 50.6 Å². The maximum absolute atomic E-state index is 9.62. The average Bonchev–Trinajstić information content (AvgIpc) is 4.09. The van der Waals surface area contributed by atoms with Gasteiger partial charge in [-0.2, -0.15) is 0 Å². The minimum atomic E-state index is -0.166. The third-order valence-electron chi connectivity index (χ3n) is 14.4. The van der Waals surface area contributed by atoms with E-state index in [1.54, 1.807) is 14.2 Å². The lowest BCUT2D eigenvalue weighted by molar-refractivity contribution is -0.115. The minimum Gasteiger partial charge on any atom is -0.496 e. The number of carbonyl (C=O) groups is 1. The Morgan fingerprint density at radius 2 is 1.12 bits per heavy atom. The number of carbonyl (C=O) groups excluding carboxylic acids is 1. The summed E-state index contributed by atoms with van der Waals surface area (Å²) in [5.41, 5.74) is 17.5. The van der Waals surface area contributed by atoms with Crippen molar-refractivity contribution in [1.29, 1.82) is 0 Å². The van der Waals surface area contributed by atoms with E-state index in [1.807, 2.05) is 12.1 Å². The maximum Gasteiger partial charge on any atom is 0.128 e. The molecular formula is C62H57ClN2O3. The highest BCUT2D eigenvalue weighted by molar-refractivity contribution is 6.36. The molecule has 68 heavy (non-hydrogen) atoms. The predicted molar refractivity (Wildman–Crippen MR) is 288 cm³/mol. The van der Waals surface area contributed by atoms with E-state index >= 15 is 0 Å². The average molecular weight is 915 g/mol. The molecule has 6 heteroatoms. The molecule has 0 bridgehead atoms. The highest BCUT2D eigenvalue weighted by atomic mass is 35.5. The second kappa shape index (κ2) is 16.0. The number of hydrogen-bond acceptors (Lipinski definition) is 3. The molecule has 2 aliphatic carbocycles. The van der Waals surface area contributed by atoms with Crippen LogP contribution in [-0.2, 0) is 15.6 Å². The lowest BCUT2D eigenvalue weighted by atomic mass is 9.81. The molecule has 11 aromatic rings. The fraction of sp³-hybridized carbons (Fsp3) is 0.210. The first-order valence-electron chi connectivity index (χ1n) is 23.6. The summed E-state index contributed by atoms with van der Waals surface area (Å²) in [4.78, 5) is 9.62. The van der Waals surface area contributed by atoms with Crippen molar-refractivity contribution in [3.63, 3.8) is 0 Å². The van der Waals surface area contributed by atoms with E-state index in [4.69, 9.17) is 22.4 Å². The molecule has 0 amide bonds. The smallest absolute Gasteiger partial charge is 0.128 e. The van der Waals surface area contributed by atoms with Crippen LogP contribution in [0.2, 0.25) is 5.02 Å². The van der Waals surface area contributed by atoms with Crippen LogP contribution < -0.4 is 9.47 Å². The molecule has 0 radical (unpaired) electrons. The van der Waals surface area contributed by atoms with Crippen LogP contribution in [0.5, 0.6) is 11.5 Å². The number of ketones is 1. The van der Waals surface area contributed by atoms with E-state index in [0.29, 0.717) is 0 Å². The largest absolute Gasteiger partial charge is 0.496 e. The van der Waals surface area contributed by atoms with Gasteiger partial charge < -0.3 is 23.2 Å². The lowest BCUT2D eigenvalue weighted by Crippen LogP contribution is -2.15. The molecule has 2 aliphatic rings. The standard InChI is InChI=1S/C29H24ClNO.C29H23NO.C3H6O.CH4/c1-17-9-10-18-11-12-20(16-19(18)15-17)31-27-21-7-5-6-8-22(21)29(2,3)26(27)25-24(32-4)14-13-23(30)28(25)31;1-16-9-10-17-14-21-19-11-12-24(31-4)25-26-28(20-7-5-6-8-22(20)29(26,2)3)30(27(19)25)23(21)15-18(17)13-16;1-3(2)4;/h5-16H,1-4H3;5-15H,1-4H3;1-2H3;1H4/i;;1D;. The zero-order valence-electron chi connectivity index (χ0n) is 40.5. The SMILES string of the molecule is C.COc1ccc(Cl)c2c1c1c(n2-c2ccc3ccc(C)cc3c2)-c2ccccc2C1(C)C.COc1ccc2c3cc4ccc(C)cc4cc3n3c4c(c1c23)C(C)(C)c1ccccc1-4.[2H]CC(C)=O. The van der Waals surface area contributed by atoms with Crippen molar-refractivity contribution in [2.24, 2.45) is 0 Å². The van der Waals surface area contributed by atoms with E-state index in [0.717, 1.165) is 33.1 Å². The van der Waals surface area contributed by atoms with Crippen molar-refractivity contribution in [3.8, 4) is 39.7 Å². The van der Waals surface area contributed by atoms with Gasteiger partial charge in [0.15, 0.2) is 0 Å². The van der Waals surface area contributed by atoms with Crippen LogP contribution in [0, 0.1) is 13.8 Å². The van der Waals surface area contributed by atoms with Gasteiger partial charge in [-0.25, -0.2) is 0 Å². The molecule has 340 valence electrons. The number of hydrogen-bond donors (Lipinski definition) is 0. The van der Waals surface area contributed by atoms with Gasteiger partial charge >= 0.3 is 0 Å². The van der Waals surface area contributed by atoms with Gasteiger partial charge in [-0.1, -0.05) is 149 Å². The molecule has 0 fully saturated rings. The molecule has 5 nitrogen and oxygen atoms in total. The van der Waals surface area contributed by atoms with E-state index in [9.17, 15) is 4.79 Å². The summed E-state index contributed by atoms with van der Waals surface area (Å²) in [5.74, 6) is 1.74. The Bertz CT molecular complexity index is 3890. The van der Waals surface area contributed by atoms with Crippen molar-refractivity contribution < 1.29 is 15.6 Å². The van der Waals surface area contributed by atoms with Crippen molar-refractivity contribution >= 4 is 77.0 Å². The van der Waals surface area contributed by atoms with Gasteiger partial charge in [0.1, 0.15) is 17.3 Å². The van der Waals surface area contributed by atoms with Crippen molar-refractivity contribution in [3.05, 3.63) is 178 Å². The monoisotopic (exact) mass is 913 g/mol. The predicted octanol–water partition coefficient (Wildman–Crippen LogP) is 16.8. The number of ether oxygens (including phenoxy) is 2. The number of halogens is 1. The second-order valence-corrected chi connectivity index (χ2v) is 19.8. The van der Waals surface area contributed by atoms with Crippen molar-refractivity contribution in [2.75, 3.05) is 14.2 Å². The third kappa shape index (κ3) is 6.39. The van der Waals surface area contributed by atoms with Gasteiger partial charge in [0.05, 0.1) is 47.2 Å². The van der Waals surface area contributed by atoms with E-state index in [2.05, 4.69) is 178 Å². The van der Waals surface area contributed by atoms with Gasteiger partial charge in [-0.3, -0.25) is 0 Å². The Morgan fingerprint density at radius 1 is 0.588 bits per heavy atom. The number of fused-ring (bicyclic) bond motifs is 15. The molecule has 0 saturated heterocycles. The van der Waals surface area contributed by atoms with E-state index < -0.39 is 0 Å². The van der Waals surface area contributed by atoms with Crippen LogP contribution in [0.4, 0.5) is 0 Å². The molecular weight excluding hydrogens is 856 g/mol. The fourth-order valence-corrected chi connectivity index (χ4v) is 11.8. The fourth-order valence-electron chi connectivity index (χ4n) is 11.6. The van der Waals surface area contributed by atoms with Crippen LogP contribution in [0.1, 0.15) is 83.7 Å². The summed E-state index contributed by atoms with van der Waals surface area (Å²) in [6, 6.07) is 50.6. The third-order valence-corrected chi connectivity index (χ3v) is 14.7. The Labute approximate surface area is 405 Å². The molecule has 0 N–H and O–H groups in total. The maximum atomic E-state index is 9.62. The molecule has 3 heterocycles. The molecule has 0 spiro atoms. The molecule has 0 unspecified atom stereocenters. The van der Waals surface area contributed by atoms with Crippen LogP contribution in [-0.4, -0.2) is 29.0 Å². The quantitative estimate of drug-likeness (QED) is 0.177. The Balaban J connectivity index is 0.000000144. The zero-order chi connectivity index (χ0) is 47.6. The Morgan fingerprint density at radius 3 is 1.74 bits per heavy atom. The number of benzene rings is 8. The summed E-state index contributed by atoms with van der Waals surface area (Å²) in [7, 11) is 3.52. The van der Waals surface area contributed by atoms with Crippen LogP contribution in [0.3, 0.4) is 0 Å². The van der Waals surface area contributed by atoms with Gasteiger partial charge in [0.25, 0.3) is 0 Å². The van der Waals surface area contributed by atoms with E-state index in [1.165, 1.54) is 112 Å². The van der Waals surface area contributed by atoms with E-state index in [-0.39, 0.29) is 30.9 Å². The number of nitrogens with zero attached hydrogens (tertiary/aromatic N) is 2. The number of aryl methyl sites for hydroxylation is 2. The lowest BCUT2D eigenvalue weighted by Gasteiger charge is -2.22. The first-order valence-corrected chi connectivity index (χ1v) is 23.3. The van der Waals surface area contributed by atoms with Crippen molar-refractivity contribution in [1.82, 2.24) is 8.97 Å². The molecule has 0 atom stereocenters. The highest BCUT2D eigenvalue weighted by Gasteiger charge is 2.43.